The summed E-state index contributed by atoms with van der Waals surface area (Å²) < 4.78 is 2.19. The van der Waals surface area contributed by atoms with Crippen molar-refractivity contribution in [2.24, 2.45) is 0 Å². The SMILES string of the molecule is CCc1nc2c(N)cccc2n1Cc1ccccc1Cl. The minimum atomic E-state index is 0.711. The second kappa shape index (κ2) is 5.17. The smallest absolute Gasteiger partial charge is 0.112 e. The minimum absolute atomic E-state index is 0.711. The molecule has 0 aliphatic carbocycles. The molecule has 0 atom stereocenters. The zero-order valence-corrected chi connectivity index (χ0v) is 12.1. The number of para-hydroxylation sites is 1. The van der Waals surface area contributed by atoms with Gasteiger partial charge in [0.2, 0.25) is 0 Å². The van der Waals surface area contributed by atoms with Crippen LogP contribution in [0.2, 0.25) is 5.02 Å². The van der Waals surface area contributed by atoms with Crippen molar-refractivity contribution in [3.05, 3.63) is 58.9 Å². The van der Waals surface area contributed by atoms with Crippen molar-refractivity contribution >= 4 is 28.3 Å². The Morgan fingerprint density at radius 3 is 2.70 bits per heavy atom. The lowest BCUT2D eigenvalue weighted by molar-refractivity contribution is 0.753. The molecule has 0 unspecified atom stereocenters. The van der Waals surface area contributed by atoms with E-state index >= 15 is 0 Å². The van der Waals surface area contributed by atoms with E-state index in [1.54, 1.807) is 0 Å². The number of aromatic nitrogens is 2. The Kier molecular flexibility index (Phi) is 3.36. The van der Waals surface area contributed by atoms with Crippen molar-refractivity contribution in [3.63, 3.8) is 0 Å². The van der Waals surface area contributed by atoms with E-state index in [-0.39, 0.29) is 0 Å². The van der Waals surface area contributed by atoms with Gasteiger partial charge in [0.1, 0.15) is 11.3 Å². The molecule has 0 fully saturated rings. The number of benzene rings is 2. The molecule has 0 amide bonds. The van der Waals surface area contributed by atoms with Gasteiger partial charge in [0.05, 0.1) is 17.7 Å². The van der Waals surface area contributed by atoms with E-state index < -0.39 is 0 Å². The lowest BCUT2D eigenvalue weighted by atomic mass is 10.2. The Morgan fingerprint density at radius 2 is 1.95 bits per heavy atom. The van der Waals surface area contributed by atoms with E-state index in [0.29, 0.717) is 6.54 Å². The zero-order valence-electron chi connectivity index (χ0n) is 11.3. The first-order valence-corrected chi connectivity index (χ1v) is 7.05. The topological polar surface area (TPSA) is 43.8 Å². The molecular formula is C16H16ClN3. The molecule has 3 rings (SSSR count). The number of imidazole rings is 1. The first-order chi connectivity index (χ1) is 9.70. The van der Waals surface area contributed by atoms with Crippen LogP contribution in [0, 0.1) is 0 Å². The summed E-state index contributed by atoms with van der Waals surface area (Å²) >= 11 is 6.26. The fourth-order valence-electron chi connectivity index (χ4n) is 2.46. The van der Waals surface area contributed by atoms with Gasteiger partial charge in [0.15, 0.2) is 0 Å². The summed E-state index contributed by atoms with van der Waals surface area (Å²) in [4.78, 5) is 4.65. The van der Waals surface area contributed by atoms with Crippen LogP contribution in [0.4, 0.5) is 5.69 Å². The van der Waals surface area contributed by atoms with Gasteiger partial charge < -0.3 is 10.3 Å². The molecule has 0 aliphatic heterocycles. The van der Waals surface area contributed by atoms with Crippen LogP contribution in [0.3, 0.4) is 0 Å². The molecule has 3 aromatic rings. The van der Waals surface area contributed by atoms with Gasteiger partial charge in [0, 0.05) is 11.4 Å². The number of nitrogens with two attached hydrogens (primary N) is 1. The molecule has 0 spiro atoms. The molecule has 0 saturated carbocycles. The highest BCUT2D eigenvalue weighted by molar-refractivity contribution is 6.31. The summed E-state index contributed by atoms with van der Waals surface area (Å²) in [6.07, 6.45) is 0.860. The van der Waals surface area contributed by atoms with Crippen molar-refractivity contribution in [1.82, 2.24) is 9.55 Å². The molecule has 2 N–H and O–H groups in total. The standard InChI is InChI=1S/C16H16ClN3/c1-2-15-19-16-13(18)8-5-9-14(16)20(15)10-11-6-3-4-7-12(11)17/h3-9H,2,10,18H2,1H3. The van der Waals surface area contributed by atoms with Crippen LogP contribution in [0.15, 0.2) is 42.5 Å². The molecule has 1 heterocycles. The van der Waals surface area contributed by atoms with Crippen molar-refractivity contribution in [2.75, 3.05) is 5.73 Å². The zero-order chi connectivity index (χ0) is 14.1. The third-order valence-corrected chi connectivity index (χ3v) is 3.86. The van der Waals surface area contributed by atoms with Crippen molar-refractivity contribution in [3.8, 4) is 0 Å². The van der Waals surface area contributed by atoms with Gasteiger partial charge in [-0.1, -0.05) is 42.8 Å². The number of hydrogen-bond donors (Lipinski definition) is 1. The monoisotopic (exact) mass is 285 g/mol. The third kappa shape index (κ3) is 2.14. The number of hydrogen-bond acceptors (Lipinski definition) is 2. The fraction of sp³-hybridized carbons (Fsp3) is 0.188. The molecule has 20 heavy (non-hydrogen) atoms. The van der Waals surface area contributed by atoms with Crippen LogP contribution in [0.1, 0.15) is 18.3 Å². The molecular weight excluding hydrogens is 270 g/mol. The van der Waals surface area contributed by atoms with Crippen LogP contribution in [0.25, 0.3) is 11.0 Å². The van der Waals surface area contributed by atoms with Crippen molar-refractivity contribution in [1.29, 1.82) is 0 Å². The molecule has 102 valence electrons. The highest BCUT2D eigenvalue weighted by atomic mass is 35.5. The van der Waals surface area contributed by atoms with E-state index in [1.165, 1.54) is 0 Å². The Labute approximate surface area is 123 Å². The number of nitrogens with zero attached hydrogens (tertiary/aromatic N) is 2. The first-order valence-electron chi connectivity index (χ1n) is 6.67. The summed E-state index contributed by atoms with van der Waals surface area (Å²) in [6, 6.07) is 13.8. The van der Waals surface area contributed by atoms with E-state index in [1.807, 2.05) is 36.4 Å². The van der Waals surface area contributed by atoms with Crippen LogP contribution in [-0.4, -0.2) is 9.55 Å². The fourth-order valence-corrected chi connectivity index (χ4v) is 2.66. The lowest BCUT2D eigenvalue weighted by Gasteiger charge is -2.09. The van der Waals surface area contributed by atoms with Gasteiger partial charge in [-0.25, -0.2) is 4.98 Å². The van der Waals surface area contributed by atoms with Gasteiger partial charge in [-0.15, -0.1) is 0 Å². The number of anilines is 1. The van der Waals surface area contributed by atoms with E-state index in [4.69, 9.17) is 17.3 Å². The first kappa shape index (κ1) is 13.0. The molecule has 2 aromatic carbocycles. The summed E-state index contributed by atoms with van der Waals surface area (Å²) in [6.45, 7) is 2.81. The number of halogens is 1. The summed E-state index contributed by atoms with van der Waals surface area (Å²) in [7, 11) is 0. The Morgan fingerprint density at radius 1 is 1.15 bits per heavy atom. The summed E-state index contributed by atoms with van der Waals surface area (Å²) in [5, 5.41) is 0.778. The maximum absolute atomic E-state index is 6.26. The van der Waals surface area contributed by atoms with Gasteiger partial charge in [-0.2, -0.15) is 0 Å². The van der Waals surface area contributed by atoms with Crippen LogP contribution in [0.5, 0.6) is 0 Å². The van der Waals surface area contributed by atoms with Gasteiger partial charge in [0.25, 0.3) is 0 Å². The molecule has 3 nitrogen and oxygen atoms in total. The van der Waals surface area contributed by atoms with E-state index in [0.717, 1.165) is 39.6 Å². The quantitative estimate of drug-likeness (QED) is 0.742. The number of rotatable bonds is 3. The average Bonchev–Trinajstić information content (AvgIpc) is 2.81. The van der Waals surface area contributed by atoms with Gasteiger partial charge >= 0.3 is 0 Å². The second-order valence-corrected chi connectivity index (χ2v) is 5.18. The van der Waals surface area contributed by atoms with Gasteiger partial charge in [-0.3, -0.25) is 0 Å². The minimum Gasteiger partial charge on any atom is -0.397 e. The van der Waals surface area contributed by atoms with E-state index in [2.05, 4.69) is 22.5 Å². The maximum Gasteiger partial charge on any atom is 0.112 e. The second-order valence-electron chi connectivity index (χ2n) is 4.77. The number of nitrogen functional groups attached to an aromatic ring is 1. The van der Waals surface area contributed by atoms with Crippen LogP contribution >= 0.6 is 11.6 Å². The third-order valence-electron chi connectivity index (χ3n) is 3.49. The predicted octanol–water partition coefficient (Wildman–Crippen LogP) is 3.88. The largest absolute Gasteiger partial charge is 0.397 e. The number of aryl methyl sites for hydroxylation is 1. The van der Waals surface area contributed by atoms with E-state index in [9.17, 15) is 0 Å². The van der Waals surface area contributed by atoms with Crippen LogP contribution < -0.4 is 5.73 Å². The average molecular weight is 286 g/mol. The Hall–Kier alpha value is -2.00. The summed E-state index contributed by atoms with van der Waals surface area (Å²) in [5.74, 6) is 1.03. The maximum atomic E-state index is 6.26. The predicted molar refractivity (Wildman–Crippen MR) is 84.1 cm³/mol. The molecule has 0 saturated heterocycles. The molecule has 0 radical (unpaired) electrons. The molecule has 0 bridgehead atoms. The lowest BCUT2D eigenvalue weighted by Crippen LogP contribution is -2.04. The van der Waals surface area contributed by atoms with Crippen LogP contribution in [-0.2, 0) is 13.0 Å². The molecule has 4 heteroatoms. The molecule has 0 aliphatic rings. The Bertz CT molecular complexity index is 762. The van der Waals surface area contributed by atoms with Crippen molar-refractivity contribution in [2.45, 2.75) is 19.9 Å². The number of fused-ring (bicyclic) bond motifs is 1. The summed E-state index contributed by atoms with van der Waals surface area (Å²) in [5.41, 5.74) is 9.75. The normalized spacial score (nSPS) is 11.1. The highest BCUT2D eigenvalue weighted by Gasteiger charge is 2.12. The van der Waals surface area contributed by atoms with Crippen molar-refractivity contribution < 1.29 is 0 Å². The highest BCUT2D eigenvalue weighted by Crippen LogP contribution is 2.25. The van der Waals surface area contributed by atoms with Gasteiger partial charge in [-0.05, 0) is 23.8 Å². The Balaban J connectivity index is 2.15. The molecule has 1 aromatic heterocycles.